The van der Waals surface area contributed by atoms with Crippen molar-refractivity contribution in [1.29, 1.82) is 0 Å². The first-order valence-electron chi connectivity index (χ1n) is 7.84. The van der Waals surface area contributed by atoms with Crippen molar-refractivity contribution >= 4 is 12.1 Å². The average Bonchev–Trinajstić information content (AvgIpc) is 2.46. The van der Waals surface area contributed by atoms with Crippen molar-refractivity contribution in [3.63, 3.8) is 0 Å². The first-order valence-corrected chi connectivity index (χ1v) is 7.84. The van der Waals surface area contributed by atoms with Crippen molar-refractivity contribution in [2.45, 2.75) is 39.0 Å². The molecule has 0 aromatic heterocycles. The summed E-state index contributed by atoms with van der Waals surface area (Å²) in [4.78, 5) is 26.0. The highest BCUT2D eigenvalue weighted by molar-refractivity contribution is 5.79. The van der Waals surface area contributed by atoms with E-state index in [9.17, 15) is 14.7 Å². The number of rotatable bonds is 3. The van der Waals surface area contributed by atoms with Crippen molar-refractivity contribution in [2.24, 2.45) is 0 Å². The molecule has 0 spiro atoms. The molecule has 0 bridgehead atoms. The monoisotopic (exact) mass is 320 g/mol. The number of hydrogen-bond donors (Lipinski definition) is 1. The Morgan fingerprint density at radius 3 is 2.52 bits per heavy atom. The maximum Gasteiger partial charge on any atom is 0.411 e. The maximum absolute atomic E-state index is 12.2. The van der Waals surface area contributed by atoms with E-state index >= 15 is 0 Å². The zero-order valence-corrected chi connectivity index (χ0v) is 13.9. The standard InChI is InChI=1S/C17H24N2O4/c1-17(2,3)23-16(22)19-10-9-18(12-14(19)15(20)21)11-13-7-5-4-6-8-13/h4-8,14H,9-12H2,1-3H3,(H,20,21)/t14-/m1/s1. The number of nitrogens with zero attached hydrogens (tertiary/aromatic N) is 1. The lowest BCUT2D eigenvalue weighted by Gasteiger charge is -2.39. The molecule has 0 radical (unpaired) electrons. The van der Waals surface area contributed by atoms with Crippen LogP contribution in [0.2, 0.25) is 0 Å². The smallest absolute Gasteiger partial charge is 0.411 e. The number of ether oxygens (including phenoxy) is 1. The highest BCUT2D eigenvalue weighted by Crippen LogP contribution is 2.12. The van der Waals surface area contributed by atoms with Crippen molar-refractivity contribution in [2.75, 3.05) is 19.6 Å². The van der Waals surface area contributed by atoms with Crippen molar-refractivity contribution in [3.8, 4) is 0 Å². The van der Waals surface area contributed by atoms with Crippen molar-refractivity contribution in [3.05, 3.63) is 35.9 Å². The molecule has 1 unspecified atom stereocenters. The molecule has 6 heteroatoms. The van der Waals surface area contributed by atoms with Gasteiger partial charge in [0.15, 0.2) is 0 Å². The molecule has 1 saturated heterocycles. The summed E-state index contributed by atoms with van der Waals surface area (Å²) in [6.45, 7) is 7.35. The van der Waals surface area contributed by atoms with E-state index in [4.69, 9.17) is 4.74 Å². The first-order chi connectivity index (χ1) is 10.8. The number of nitrogens with one attached hydrogen (secondary N) is 1. The quantitative estimate of drug-likeness (QED) is 0.810. The lowest BCUT2D eigenvalue weighted by molar-refractivity contribution is -0.919. The minimum absolute atomic E-state index is 0.316. The number of benzene rings is 1. The summed E-state index contributed by atoms with van der Waals surface area (Å²) < 4.78 is 5.30. The molecule has 2 atom stereocenters. The van der Waals surface area contributed by atoms with Crippen LogP contribution in [0.3, 0.4) is 0 Å². The molecule has 1 amide bonds. The normalized spacial score (nSPS) is 21.8. The van der Waals surface area contributed by atoms with Gasteiger partial charge in [-0.25, -0.2) is 4.79 Å². The first kappa shape index (κ1) is 17.3. The van der Waals surface area contributed by atoms with Crippen molar-refractivity contribution in [1.82, 2.24) is 4.90 Å². The molecular weight excluding hydrogens is 296 g/mol. The molecule has 2 rings (SSSR count). The van der Waals surface area contributed by atoms with Gasteiger partial charge in [-0.3, -0.25) is 4.90 Å². The Bertz CT molecular complexity index is 553. The second-order valence-corrected chi connectivity index (χ2v) is 6.88. The van der Waals surface area contributed by atoms with E-state index < -0.39 is 23.7 Å². The Balaban J connectivity index is 2.03. The summed E-state index contributed by atoms with van der Waals surface area (Å²) in [6.07, 6.45) is -0.592. The number of carbonyl (C=O) groups is 2. The maximum atomic E-state index is 12.2. The van der Waals surface area contributed by atoms with Crippen molar-refractivity contribution < 1.29 is 24.3 Å². The summed E-state index contributed by atoms with van der Waals surface area (Å²) in [5.74, 6) is -1.24. The Morgan fingerprint density at radius 2 is 1.96 bits per heavy atom. The van der Waals surface area contributed by atoms with E-state index in [0.29, 0.717) is 19.6 Å². The third kappa shape index (κ3) is 4.96. The number of aliphatic carboxylic acids is 1. The van der Waals surface area contributed by atoms with Crippen LogP contribution in [0, 0.1) is 0 Å². The Kier molecular flexibility index (Phi) is 5.26. The third-order valence-electron chi connectivity index (χ3n) is 3.76. The molecule has 1 fully saturated rings. The fourth-order valence-electron chi connectivity index (χ4n) is 2.71. The summed E-state index contributed by atoms with van der Waals surface area (Å²) in [7, 11) is 0. The van der Waals surface area contributed by atoms with E-state index in [1.165, 1.54) is 4.90 Å². The molecular formula is C17H24N2O4. The number of carboxylic acids is 1. The molecule has 1 aromatic carbocycles. The van der Waals surface area contributed by atoms with Crippen LogP contribution in [-0.4, -0.2) is 48.2 Å². The number of piperazine rings is 1. The van der Waals surface area contributed by atoms with E-state index in [2.05, 4.69) is 0 Å². The van der Waals surface area contributed by atoms with Crippen LogP contribution >= 0.6 is 0 Å². The van der Waals surface area contributed by atoms with E-state index in [1.807, 2.05) is 30.3 Å². The number of amides is 1. The molecule has 0 saturated carbocycles. The predicted octanol–water partition coefficient (Wildman–Crippen LogP) is -0.559. The highest BCUT2D eigenvalue weighted by Gasteiger charge is 2.36. The Morgan fingerprint density at radius 1 is 1.30 bits per heavy atom. The predicted molar refractivity (Wildman–Crippen MR) is 82.6 cm³/mol. The van der Waals surface area contributed by atoms with Gasteiger partial charge in [0.2, 0.25) is 0 Å². The number of quaternary nitrogens is 1. The summed E-state index contributed by atoms with van der Waals surface area (Å²) >= 11 is 0. The van der Waals surface area contributed by atoms with Gasteiger partial charge in [-0.15, -0.1) is 0 Å². The average molecular weight is 320 g/mol. The van der Waals surface area contributed by atoms with Gasteiger partial charge >= 0.3 is 6.09 Å². The van der Waals surface area contributed by atoms with Gasteiger partial charge in [0.25, 0.3) is 0 Å². The van der Waals surface area contributed by atoms with E-state index in [1.54, 1.807) is 20.8 Å². The molecule has 126 valence electrons. The van der Waals surface area contributed by atoms with Crippen LogP contribution in [0.15, 0.2) is 30.3 Å². The fraction of sp³-hybridized carbons (Fsp3) is 0.529. The van der Waals surface area contributed by atoms with Gasteiger partial charge in [-0.1, -0.05) is 30.3 Å². The van der Waals surface area contributed by atoms with Gasteiger partial charge < -0.3 is 19.5 Å². The topological polar surface area (TPSA) is 74.1 Å². The summed E-state index contributed by atoms with van der Waals surface area (Å²) in [5, 5.41) is 11.5. The molecule has 1 aliphatic rings. The van der Waals surface area contributed by atoms with Gasteiger partial charge in [0, 0.05) is 5.56 Å². The molecule has 1 aliphatic heterocycles. The number of carbonyl (C=O) groups excluding carboxylic acids is 2. The molecule has 1 N–H and O–H groups in total. The highest BCUT2D eigenvalue weighted by atomic mass is 16.6. The van der Waals surface area contributed by atoms with Gasteiger partial charge in [0.05, 0.1) is 19.1 Å². The zero-order valence-electron chi connectivity index (χ0n) is 13.9. The number of carboxylic acid groups (broad SMARTS) is 1. The van der Waals surface area contributed by atoms with Gasteiger partial charge in [-0.2, -0.15) is 0 Å². The second-order valence-electron chi connectivity index (χ2n) is 6.88. The van der Waals surface area contributed by atoms with Crippen LogP contribution in [0.25, 0.3) is 0 Å². The lowest BCUT2D eigenvalue weighted by atomic mass is 10.1. The fourth-order valence-corrected chi connectivity index (χ4v) is 2.71. The minimum Gasteiger partial charge on any atom is -0.548 e. The van der Waals surface area contributed by atoms with E-state index in [-0.39, 0.29) is 0 Å². The molecule has 23 heavy (non-hydrogen) atoms. The SMILES string of the molecule is CC(C)(C)OC(=O)N1CC[NH+](Cc2ccccc2)C[C@@H]1C(=O)[O-]. The molecule has 6 nitrogen and oxygen atoms in total. The largest absolute Gasteiger partial charge is 0.548 e. The zero-order chi connectivity index (χ0) is 17.0. The van der Waals surface area contributed by atoms with Crippen LogP contribution in [-0.2, 0) is 16.1 Å². The number of hydrogen-bond acceptors (Lipinski definition) is 4. The van der Waals surface area contributed by atoms with Crippen LogP contribution in [0.1, 0.15) is 26.3 Å². The van der Waals surface area contributed by atoms with Crippen LogP contribution < -0.4 is 10.0 Å². The third-order valence-corrected chi connectivity index (χ3v) is 3.76. The van der Waals surface area contributed by atoms with Crippen LogP contribution in [0.4, 0.5) is 4.79 Å². The Labute approximate surface area is 136 Å². The van der Waals surface area contributed by atoms with E-state index in [0.717, 1.165) is 17.0 Å². The van der Waals surface area contributed by atoms with Gasteiger partial charge in [0.1, 0.15) is 24.7 Å². The molecule has 0 aliphatic carbocycles. The van der Waals surface area contributed by atoms with Gasteiger partial charge in [-0.05, 0) is 20.8 Å². The summed E-state index contributed by atoms with van der Waals surface area (Å²) in [5.41, 5.74) is 0.493. The minimum atomic E-state index is -1.24. The Hall–Kier alpha value is -2.08. The second kappa shape index (κ2) is 7.00. The van der Waals surface area contributed by atoms with Crippen LogP contribution in [0.5, 0.6) is 0 Å². The lowest BCUT2D eigenvalue weighted by Crippen LogP contribution is -3.15. The molecule has 1 aromatic rings. The molecule has 1 heterocycles. The summed E-state index contributed by atoms with van der Waals surface area (Å²) in [6, 6.07) is 8.94.